The Morgan fingerprint density at radius 1 is 1.09 bits per heavy atom. The van der Waals surface area contributed by atoms with Gasteiger partial charge in [-0.2, -0.15) is 0 Å². The van der Waals surface area contributed by atoms with Crippen molar-refractivity contribution in [1.29, 1.82) is 0 Å². The Labute approximate surface area is 199 Å². The van der Waals surface area contributed by atoms with E-state index in [0.717, 1.165) is 17.5 Å². The number of halogens is 1. The highest BCUT2D eigenvalue weighted by molar-refractivity contribution is 6.30. The molecule has 2 amide bonds. The number of rotatable bonds is 6. The fourth-order valence-electron chi connectivity index (χ4n) is 4.18. The number of amides is 2. The van der Waals surface area contributed by atoms with E-state index in [2.05, 4.69) is 29.6 Å². The van der Waals surface area contributed by atoms with Crippen molar-refractivity contribution >= 4 is 29.1 Å². The third kappa shape index (κ3) is 5.37. The van der Waals surface area contributed by atoms with Gasteiger partial charge in [-0.15, -0.1) is 0 Å². The van der Waals surface area contributed by atoms with Crippen molar-refractivity contribution in [1.82, 2.24) is 4.90 Å². The predicted molar refractivity (Wildman–Crippen MR) is 131 cm³/mol. The van der Waals surface area contributed by atoms with E-state index in [1.165, 1.54) is 11.1 Å². The highest BCUT2D eigenvalue weighted by atomic mass is 35.5. The quantitative estimate of drug-likeness (QED) is 0.522. The van der Waals surface area contributed by atoms with Crippen molar-refractivity contribution in [2.75, 3.05) is 18.5 Å². The van der Waals surface area contributed by atoms with E-state index in [1.807, 2.05) is 36.9 Å². The summed E-state index contributed by atoms with van der Waals surface area (Å²) in [5, 5.41) is 3.34. The molecule has 1 atom stereocenters. The normalized spacial score (nSPS) is 15.0. The van der Waals surface area contributed by atoms with Crippen LogP contribution in [0, 0.1) is 6.92 Å². The molecular formula is C27H27ClN2O3. The number of nitrogens with zero attached hydrogens (tertiary/aromatic N) is 1. The lowest BCUT2D eigenvalue weighted by Gasteiger charge is -2.38. The average molecular weight is 463 g/mol. The summed E-state index contributed by atoms with van der Waals surface area (Å²) < 4.78 is 5.81. The first-order valence-corrected chi connectivity index (χ1v) is 11.5. The molecule has 3 aromatic rings. The Morgan fingerprint density at radius 3 is 2.61 bits per heavy atom. The zero-order valence-electron chi connectivity index (χ0n) is 18.8. The predicted octanol–water partition coefficient (Wildman–Crippen LogP) is 5.55. The lowest BCUT2D eigenvalue weighted by Crippen LogP contribution is -2.40. The molecule has 1 N–H and O–H groups in total. The van der Waals surface area contributed by atoms with Gasteiger partial charge in [0.1, 0.15) is 5.75 Å². The van der Waals surface area contributed by atoms with Crippen molar-refractivity contribution < 1.29 is 14.3 Å². The van der Waals surface area contributed by atoms with Gasteiger partial charge < -0.3 is 15.0 Å². The van der Waals surface area contributed by atoms with Gasteiger partial charge in [0.2, 0.25) is 5.91 Å². The molecule has 0 radical (unpaired) electrons. The number of nitrogens with one attached hydrogen (secondary N) is 1. The molecular weight excluding hydrogens is 436 g/mol. The molecule has 0 spiro atoms. The number of benzene rings is 3. The first-order chi connectivity index (χ1) is 15.9. The third-order valence-electron chi connectivity index (χ3n) is 5.84. The van der Waals surface area contributed by atoms with E-state index in [0.29, 0.717) is 29.4 Å². The molecule has 3 aromatic carbocycles. The van der Waals surface area contributed by atoms with Crippen LogP contribution in [-0.4, -0.2) is 29.9 Å². The topological polar surface area (TPSA) is 58.6 Å². The third-order valence-corrected chi connectivity index (χ3v) is 6.07. The maximum absolute atomic E-state index is 12.8. The fraction of sp³-hybridized carbons (Fsp3) is 0.259. The van der Waals surface area contributed by atoms with Crippen LogP contribution in [-0.2, 0) is 16.0 Å². The number of hydrogen-bond donors (Lipinski definition) is 1. The van der Waals surface area contributed by atoms with E-state index in [-0.39, 0.29) is 24.5 Å². The van der Waals surface area contributed by atoms with Gasteiger partial charge in [0.05, 0.1) is 6.04 Å². The van der Waals surface area contributed by atoms with Gasteiger partial charge in [0, 0.05) is 23.7 Å². The number of anilines is 1. The molecule has 0 unspecified atom stereocenters. The summed E-state index contributed by atoms with van der Waals surface area (Å²) in [5.74, 6) is 0.448. The molecule has 1 aliphatic heterocycles. The molecule has 1 heterocycles. The molecule has 5 nitrogen and oxygen atoms in total. The SMILES string of the molecule is CCC(=O)N1CCc2ccc(OCC(=O)Nc3cccc(Cl)c3)cc2[C@H]1c1ccc(C)cc1. The average Bonchev–Trinajstić information content (AvgIpc) is 2.82. The lowest BCUT2D eigenvalue weighted by molar-refractivity contribution is -0.132. The van der Waals surface area contributed by atoms with Crippen molar-refractivity contribution in [3.63, 3.8) is 0 Å². The summed E-state index contributed by atoms with van der Waals surface area (Å²) in [7, 11) is 0. The van der Waals surface area contributed by atoms with Gasteiger partial charge in [-0.1, -0.05) is 60.5 Å². The zero-order chi connectivity index (χ0) is 23.4. The minimum Gasteiger partial charge on any atom is -0.484 e. The number of hydrogen-bond acceptors (Lipinski definition) is 3. The second-order valence-corrected chi connectivity index (χ2v) is 8.65. The number of carbonyl (C=O) groups is 2. The molecule has 0 aromatic heterocycles. The molecule has 0 fully saturated rings. The number of ether oxygens (including phenoxy) is 1. The van der Waals surface area contributed by atoms with Crippen molar-refractivity contribution in [2.24, 2.45) is 0 Å². The van der Waals surface area contributed by atoms with E-state index >= 15 is 0 Å². The molecule has 4 rings (SSSR count). The van der Waals surface area contributed by atoms with Gasteiger partial charge in [-0.05, 0) is 60.4 Å². The monoisotopic (exact) mass is 462 g/mol. The van der Waals surface area contributed by atoms with Crippen molar-refractivity contribution in [3.05, 3.63) is 94.0 Å². The Hall–Kier alpha value is -3.31. The highest BCUT2D eigenvalue weighted by Crippen LogP contribution is 2.37. The van der Waals surface area contributed by atoms with Crippen LogP contribution in [0.4, 0.5) is 5.69 Å². The van der Waals surface area contributed by atoms with Gasteiger partial charge in [0.25, 0.3) is 5.91 Å². The van der Waals surface area contributed by atoms with Crippen LogP contribution in [0.2, 0.25) is 5.02 Å². The van der Waals surface area contributed by atoms with Gasteiger partial charge in [-0.3, -0.25) is 9.59 Å². The van der Waals surface area contributed by atoms with E-state index in [9.17, 15) is 9.59 Å². The second kappa shape index (κ2) is 10.1. The maximum Gasteiger partial charge on any atom is 0.262 e. The summed E-state index contributed by atoms with van der Waals surface area (Å²) in [6.07, 6.45) is 1.25. The highest BCUT2D eigenvalue weighted by Gasteiger charge is 2.31. The molecule has 170 valence electrons. The van der Waals surface area contributed by atoms with Crippen LogP contribution in [0.15, 0.2) is 66.7 Å². The van der Waals surface area contributed by atoms with E-state index in [1.54, 1.807) is 24.3 Å². The summed E-state index contributed by atoms with van der Waals surface area (Å²) in [5.41, 5.74) is 5.09. The van der Waals surface area contributed by atoms with Gasteiger partial charge in [0.15, 0.2) is 6.61 Å². The first-order valence-electron chi connectivity index (χ1n) is 11.1. The summed E-state index contributed by atoms with van der Waals surface area (Å²) in [6, 6.07) is 21.0. The Bertz CT molecular complexity index is 1160. The summed E-state index contributed by atoms with van der Waals surface area (Å²) >= 11 is 5.98. The van der Waals surface area contributed by atoms with Crippen LogP contribution in [0.5, 0.6) is 5.75 Å². The minimum atomic E-state index is -0.271. The van der Waals surface area contributed by atoms with Crippen LogP contribution in [0.25, 0.3) is 0 Å². The molecule has 1 aliphatic rings. The Balaban J connectivity index is 1.56. The van der Waals surface area contributed by atoms with Crippen molar-refractivity contribution in [2.45, 2.75) is 32.7 Å². The van der Waals surface area contributed by atoms with Crippen LogP contribution in [0.3, 0.4) is 0 Å². The minimum absolute atomic E-state index is 0.124. The summed E-state index contributed by atoms with van der Waals surface area (Å²) in [4.78, 5) is 27.1. The maximum atomic E-state index is 12.8. The second-order valence-electron chi connectivity index (χ2n) is 8.21. The molecule has 0 aliphatic carbocycles. The molecule has 0 saturated heterocycles. The lowest BCUT2D eigenvalue weighted by atomic mass is 9.87. The van der Waals surface area contributed by atoms with Crippen LogP contribution >= 0.6 is 11.6 Å². The van der Waals surface area contributed by atoms with Gasteiger partial charge >= 0.3 is 0 Å². The zero-order valence-corrected chi connectivity index (χ0v) is 19.6. The molecule has 6 heteroatoms. The number of aryl methyl sites for hydroxylation is 1. The largest absolute Gasteiger partial charge is 0.484 e. The number of carbonyl (C=O) groups excluding carboxylic acids is 2. The summed E-state index contributed by atoms with van der Waals surface area (Å²) in [6.45, 7) is 4.49. The molecule has 0 saturated carbocycles. The van der Waals surface area contributed by atoms with E-state index in [4.69, 9.17) is 16.3 Å². The molecule has 0 bridgehead atoms. The Morgan fingerprint density at radius 2 is 1.88 bits per heavy atom. The van der Waals surface area contributed by atoms with Crippen LogP contribution < -0.4 is 10.1 Å². The number of fused-ring (bicyclic) bond motifs is 1. The van der Waals surface area contributed by atoms with E-state index < -0.39 is 0 Å². The fourth-order valence-corrected chi connectivity index (χ4v) is 4.37. The first kappa shape index (κ1) is 22.9. The van der Waals surface area contributed by atoms with Crippen molar-refractivity contribution in [3.8, 4) is 5.75 Å². The van der Waals surface area contributed by atoms with Gasteiger partial charge in [-0.25, -0.2) is 0 Å². The smallest absolute Gasteiger partial charge is 0.262 e. The standard InChI is InChI=1S/C27H27ClN2O3/c1-3-26(32)30-14-13-19-11-12-23(16-24(19)27(30)20-9-7-18(2)8-10-20)33-17-25(31)29-22-6-4-5-21(28)15-22/h4-12,15-16,27H,3,13-14,17H2,1-2H3,(H,29,31)/t27-/m1/s1. The van der Waals surface area contributed by atoms with Crippen LogP contribution in [0.1, 0.15) is 41.6 Å². The molecule has 33 heavy (non-hydrogen) atoms. The Kier molecular flexibility index (Phi) is 6.99.